The summed E-state index contributed by atoms with van der Waals surface area (Å²) in [7, 11) is 1.30. The van der Waals surface area contributed by atoms with Gasteiger partial charge in [0, 0.05) is 6.07 Å². The summed E-state index contributed by atoms with van der Waals surface area (Å²) < 4.78 is 9.56. The molecule has 0 radical (unpaired) electrons. The fourth-order valence-corrected chi connectivity index (χ4v) is 0.950. The molecule has 0 aliphatic carbocycles. The van der Waals surface area contributed by atoms with Gasteiger partial charge in [-0.15, -0.1) is 0 Å². The molecule has 0 saturated carbocycles. The maximum atomic E-state index is 10.9. The molecule has 2 aromatic heterocycles. The molecule has 0 spiro atoms. The fraction of sp³-hybridized carbons (Fsp3) is 0.143. The summed E-state index contributed by atoms with van der Waals surface area (Å²) in [6, 6.07) is 1.55. The van der Waals surface area contributed by atoms with Gasteiger partial charge in [-0.1, -0.05) is 0 Å². The Morgan fingerprint density at radius 2 is 2.58 bits per heavy atom. The quantitative estimate of drug-likeness (QED) is 0.640. The molecule has 0 unspecified atom stereocenters. The van der Waals surface area contributed by atoms with Gasteiger partial charge < -0.3 is 9.15 Å². The van der Waals surface area contributed by atoms with Crippen molar-refractivity contribution in [3.05, 3.63) is 18.0 Å². The summed E-state index contributed by atoms with van der Waals surface area (Å²) in [6.45, 7) is 0. The maximum absolute atomic E-state index is 10.9. The van der Waals surface area contributed by atoms with E-state index in [-0.39, 0.29) is 5.76 Å². The third-order valence-electron chi connectivity index (χ3n) is 1.51. The standard InChI is InChI=1S/C7H6N2O3/c1-11-7(10)5-2-4-6(12-5)3-8-9-4/h2-3H,1H3,(H,8,9). The molecule has 12 heavy (non-hydrogen) atoms. The van der Waals surface area contributed by atoms with E-state index in [0.717, 1.165) is 0 Å². The Bertz CT molecular complexity index is 386. The van der Waals surface area contributed by atoms with E-state index < -0.39 is 5.97 Å². The van der Waals surface area contributed by atoms with Crippen molar-refractivity contribution >= 4 is 17.1 Å². The van der Waals surface area contributed by atoms with Gasteiger partial charge in [0.25, 0.3) is 0 Å². The molecule has 2 heterocycles. The van der Waals surface area contributed by atoms with Crippen LogP contribution < -0.4 is 0 Å². The van der Waals surface area contributed by atoms with E-state index in [2.05, 4.69) is 14.9 Å². The Labute approximate surface area is 67.3 Å². The van der Waals surface area contributed by atoms with Crippen molar-refractivity contribution < 1.29 is 13.9 Å². The Kier molecular flexibility index (Phi) is 1.36. The number of carbonyl (C=O) groups excluding carboxylic acids is 1. The molecule has 62 valence electrons. The van der Waals surface area contributed by atoms with Crippen molar-refractivity contribution in [1.82, 2.24) is 10.2 Å². The highest BCUT2D eigenvalue weighted by atomic mass is 16.5. The van der Waals surface area contributed by atoms with Crippen LogP contribution in [0.25, 0.3) is 11.1 Å². The number of methoxy groups -OCH3 is 1. The Morgan fingerprint density at radius 3 is 3.25 bits per heavy atom. The number of fused-ring (bicyclic) bond motifs is 1. The summed E-state index contributed by atoms with van der Waals surface area (Å²) >= 11 is 0. The molecular formula is C7H6N2O3. The average Bonchev–Trinajstić information content (AvgIpc) is 2.60. The third-order valence-corrected chi connectivity index (χ3v) is 1.51. The molecule has 0 aliphatic heterocycles. The van der Waals surface area contributed by atoms with Crippen molar-refractivity contribution in [3.8, 4) is 0 Å². The number of H-pyrrole nitrogens is 1. The first-order valence-electron chi connectivity index (χ1n) is 3.32. The number of esters is 1. The lowest BCUT2D eigenvalue weighted by molar-refractivity contribution is 0.0567. The SMILES string of the molecule is COC(=O)c1cc2[nH]ncc2o1. The minimum Gasteiger partial charge on any atom is -0.463 e. The number of ether oxygens (including phenoxy) is 1. The van der Waals surface area contributed by atoms with Gasteiger partial charge in [-0.3, -0.25) is 5.10 Å². The van der Waals surface area contributed by atoms with Crippen molar-refractivity contribution in [3.63, 3.8) is 0 Å². The first-order chi connectivity index (χ1) is 5.81. The van der Waals surface area contributed by atoms with Crippen molar-refractivity contribution in [2.24, 2.45) is 0 Å². The molecule has 2 rings (SSSR count). The summed E-state index contributed by atoms with van der Waals surface area (Å²) in [5, 5.41) is 6.38. The molecule has 5 heteroatoms. The van der Waals surface area contributed by atoms with Crippen LogP contribution in [0.15, 0.2) is 16.7 Å². The number of rotatable bonds is 1. The molecule has 5 nitrogen and oxygen atoms in total. The highest BCUT2D eigenvalue weighted by Gasteiger charge is 2.12. The summed E-state index contributed by atoms with van der Waals surface area (Å²) in [5.41, 5.74) is 1.24. The van der Waals surface area contributed by atoms with E-state index >= 15 is 0 Å². The van der Waals surface area contributed by atoms with Gasteiger partial charge in [-0.05, 0) is 0 Å². The van der Waals surface area contributed by atoms with Crippen molar-refractivity contribution in [1.29, 1.82) is 0 Å². The van der Waals surface area contributed by atoms with E-state index in [0.29, 0.717) is 11.1 Å². The number of nitrogens with one attached hydrogen (secondary N) is 1. The highest BCUT2D eigenvalue weighted by molar-refractivity contribution is 5.91. The van der Waals surface area contributed by atoms with E-state index in [1.165, 1.54) is 13.3 Å². The smallest absolute Gasteiger partial charge is 0.374 e. The molecule has 0 atom stereocenters. The largest absolute Gasteiger partial charge is 0.463 e. The van der Waals surface area contributed by atoms with E-state index in [1.54, 1.807) is 6.07 Å². The van der Waals surface area contributed by atoms with Crippen LogP contribution in [0.1, 0.15) is 10.6 Å². The minimum absolute atomic E-state index is 0.182. The first-order valence-corrected chi connectivity index (χ1v) is 3.32. The van der Waals surface area contributed by atoms with Crippen LogP contribution in [-0.4, -0.2) is 23.3 Å². The van der Waals surface area contributed by atoms with E-state index in [1.807, 2.05) is 0 Å². The Morgan fingerprint density at radius 1 is 1.75 bits per heavy atom. The van der Waals surface area contributed by atoms with Gasteiger partial charge in [0.15, 0.2) is 5.58 Å². The van der Waals surface area contributed by atoms with Gasteiger partial charge in [-0.25, -0.2) is 4.79 Å². The van der Waals surface area contributed by atoms with Crippen LogP contribution in [0, 0.1) is 0 Å². The first kappa shape index (κ1) is 6.90. The van der Waals surface area contributed by atoms with Crippen LogP contribution in [-0.2, 0) is 4.74 Å². The summed E-state index contributed by atoms with van der Waals surface area (Å²) in [4.78, 5) is 10.9. The number of carbonyl (C=O) groups is 1. The number of furan rings is 1. The van der Waals surface area contributed by atoms with Gasteiger partial charge in [0.05, 0.1) is 13.3 Å². The zero-order valence-electron chi connectivity index (χ0n) is 6.33. The van der Waals surface area contributed by atoms with Gasteiger partial charge in [0.1, 0.15) is 5.52 Å². The Hall–Kier alpha value is -1.78. The normalized spacial score (nSPS) is 10.4. The molecule has 2 aromatic rings. The van der Waals surface area contributed by atoms with E-state index in [4.69, 9.17) is 4.42 Å². The lowest BCUT2D eigenvalue weighted by Gasteiger charge is -1.90. The molecule has 0 saturated heterocycles. The molecule has 0 fully saturated rings. The zero-order chi connectivity index (χ0) is 8.55. The number of hydrogen-bond donors (Lipinski definition) is 1. The summed E-state index contributed by atoms with van der Waals surface area (Å²) in [6.07, 6.45) is 1.50. The Balaban J connectivity index is 2.51. The topological polar surface area (TPSA) is 68.1 Å². The number of nitrogens with zero attached hydrogens (tertiary/aromatic N) is 1. The second-order valence-corrected chi connectivity index (χ2v) is 2.25. The average molecular weight is 166 g/mol. The van der Waals surface area contributed by atoms with Gasteiger partial charge in [0.2, 0.25) is 5.76 Å². The third kappa shape index (κ3) is 0.868. The van der Waals surface area contributed by atoms with Crippen LogP contribution in [0.5, 0.6) is 0 Å². The highest BCUT2D eigenvalue weighted by Crippen LogP contribution is 2.16. The number of aromatic amines is 1. The van der Waals surface area contributed by atoms with Crippen LogP contribution in [0.2, 0.25) is 0 Å². The van der Waals surface area contributed by atoms with Crippen molar-refractivity contribution in [2.45, 2.75) is 0 Å². The second kappa shape index (κ2) is 2.37. The van der Waals surface area contributed by atoms with Crippen LogP contribution in [0.3, 0.4) is 0 Å². The number of aromatic nitrogens is 2. The fourth-order valence-electron chi connectivity index (χ4n) is 0.950. The molecular weight excluding hydrogens is 160 g/mol. The molecule has 0 aromatic carbocycles. The summed E-state index contributed by atoms with van der Waals surface area (Å²) in [5.74, 6) is -0.305. The lowest BCUT2D eigenvalue weighted by atomic mass is 10.4. The molecule has 1 N–H and O–H groups in total. The second-order valence-electron chi connectivity index (χ2n) is 2.25. The lowest BCUT2D eigenvalue weighted by Crippen LogP contribution is -1.98. The van der Waals surface area contributed by atoms with Crippen LogP contribution >= 0.6 is 0 Å². The molecule has 0 amide bonds. The molecule has 0 bridgehead atoms. The van der Waals surface area contributed by atoms with Gasteiger partial charge in [-0.2, -0.15) is 5.10 Å². The van der Waals surface area contributed by atoms with Gasteiger partial charge >= 0.3 is 5.97 Å². The molecule has 0 aliphatic rings. The predicted octanol–water partition coefficient (Wildman–Crippen LogP) is 0.942. The monoisotopic (exact) mass is 166 g/mol. The van der Waals surface area contributed by atoms with Crippen LogP contribution in [0.4, 0.5) is 0 Å². The van der Waals surface area contributed by atoms with Crippen molar-refractivity contribution in [2.75, 3.05) is 7.11 Å². The zero-order valence-corrected chi connectivity index (χ0v) is 6.33. The minimum atomic E-state index is -0.486. The maximum Gasteiger partial charge on any atom is 0.374 e. The predicted molar refractivity (Wildman–Crippen MR) is 39.7 cm³/mol. The number of hydrogen-bond acceptors (Lipinski definition) is 4. The van der Waals surface area contributed by atoms with E-state index in [9.17, 15) is 4.79 Å².